The number of hydrogen-bond acceptors (Lipinski definition) is 15. The second kappa shape index (κ2) is 28.4. The number of esters is 1. The van der Waals surface area contributed by atoms with Crippen LogP contribution in [0.1, 0.15) is 126 Å². The van der Waals surface area contributed by atoms with Crippen LogP contribution < -0.4 is 0 Å². The van der Waals surface area contributed by atoms with Crippen molar-refractivity contribution in [3.05, 3.63) is 47.6 Å². The highest BCUT2D eigenvalue weighted by atomic mass is 16.6. The molecule has 4 heterocycles. The lowest BCUT2D eigenvalue weighted by Gasteiger charge is -2.43. The van der Waals surface area contributed by atoms with Gasteiger partial charge in [-0.1, -0.05) is 71.1 Å². The fourth-order valence-corrected chi connectivity index (χ4v) is 11.0. The second-order valence-corrected chi connectivity index (χ2v) is 21.7. The second-order valence-electron chi connectivity index (χ2n) is 21.7. The van der Waals surface area contributed by atoms with E-state index in [4.69, 9.17) is 33.2 Å². The Morgan fingerprint density at radius 2 is 1.60 bits per heavy atom. The first-order chi connectivity index (χ1) is 34.3. The van der Waals surface area contributed by atoms with E-state index >= 15 is 0 Å². The minimum Gasteiger partial charge on any atom is -0.460 e. The van der Waals surface area contributed by atoms with Gasteiger partial charge in [0.15, 0.2) is 5.78 Å². The number of carbonyl (C=O) groups excluding carboxylic acids is 5. The van der Waals surface area contributed by atoms with Gasteiger partial charge in [0.2, 0.25) is 5.79 Å². The molecule has 0 aromatic heterocycles. The number of piperidine rings is 1. The number of Topliss-reactive ketones (excluding diaryl/α,β-unsaturated/α-hetero) is 3. The largest absolute Gasteiger partial charge is 0.460 e. The van der Waals surface area contributed by atoms with Crippen molar-refractivity contribution in [2.45, 2.75) is 180 Å². The molecule has 4 aliphatic heterocycles. The first-order valence-corrected chi connectivity index (χ1v) is 26.7. The van der Waals surface area contributed by atoms with Crippen molar-refractivity contribution in [3.63, 3.8) is 0 Å². The van der Waals surface area contributed by atoms with Gasteiger partial charge in [-0.25, -0.2) is 4.79 Å². The molecule has 2 bridgehead atoms. The van der Waals surface area contributed by atoms with Crippen LogP contribution in [0.4, 0.5) is 0 Å². The predicted molar refractivity (Wildman–Crippen MR) is 269 cm³/mol. The molecule has 72 heavy (non-hydrogen) atoms. The van der Waals surface area contributed by atoms with Gasteiger partial charge in [-0.3, -0.25) is 19.2 Å². The highest BCUT2D eigenvalue weighted by molar-refractivity contribution is 6.39. The molecule has 3 saturated heterocycles. The lowest BCUT2D eigenvalue weighted by atomic mass is 9.78. The van der Waals surface area contributed by atoms with Crippen LogP contribution in [0.3, 0.4) is 0 Å². The average molecular weight is 1010 g/mol. The number of ether oxygens (including phenoxy) is 7. The highest BCUT2D eigenvalue weighted by Gasteiger charge is 2.53. The number of carbonyl (C=O) groups is 5. The van der Waals surface area contributed by atoms with Crippen LogP contribution >= 0.6 is 0 Å². The molecule has 5 rings (SSSR count). The number of amides is 1. The summed E-state index contributed by atoms with van der Waals surface area (Å²) in [5, 5.41) is 33.0. The molecule has 16 heteroatoms. The maximum Gasteiger partial charge on any atom is 0.329 e. The molecule has 4 fully saturated rings. The van der Waals surface area contributed by atoms with E-state index in [0.29, 0.717) is 83.2 Å². The smallest absolute Gasteiger partial charge is 0.329 e. The normalized spacial score (nSPS) is 38.9. The van der Waals surface area contributed by atoms with E-state index in [0.717, 1.165) is 12.0 Å². The number of methoxy groups -OCH3 is 2. The summed E-state index contributed by atoms with van der Waals surface area (Å²) in [6.07, 6.45) is 12.0. The molecule has 0 aromatic rings. The molecular formula is C56H87NO15. The van der Waals surface area contributed by atoms with Crippen LogP contribution in [-0.2, 0) is 57.1 Å². The van der Waals surface area contributed by atoms with Gasteiger partial charge >= 0.3 is 5.97 Å². The number of aliphatic hydroxyl groups is 3. The van der Waals surface area contributed by atoms with Crippen molar-refractivity contribution in [1.29, 1.82) is 0 Å². The molecule has 15 atom stereocenters. The van der Waals surface area contributed by atoms with E-state index in [9.17, 15) is 39.3 Å². The summed E-state index contributed by atoms with van der Waals surface area (Å²) in [6, 6.07) is -1.15. The monoisotopic (exact) mass is 1010 g/mol. The quantitative estimate of drug-likeness (QED) is 0.119. The summed E-state index contributed by atoms with van der Waals surface area (Å²) in [4.78, 5) is 72.7. The maximum absolute atomic E-state index is 14.6. The fourth-order valence-electron chi connectivity index (χ4n) is 11.0. The van der Waals surface area contributed by atoms with Crippen molar-refractivity contribution in [2.75, 3.05) is 53.8 Å². The molecular weight excluding hydrogens is 927 g/mol. The number of aliphatic hydroxyl groups excluding tert-OH is 2. The number of ketones is 3. The Morgan fingerprint density at radius 1 is 0.847 bits per heavy atom. The van der Waals surface area contributed by atoms with Crippen LogP contribution in [0.25, 0.3) is 0 Å². The van der Waals surface area contributed by atoms with Crippen LogP contribution in [-0.4, -0.2) is 158 Å². The van der Waals surface area contributed by atoms with Crippen molar-refractivity contribution >= 4 is 29.2 Å². The summed E-state index contributed by atoms with van der Waals surface area (Å²) in [5.41, 5.74) is 1.28. The standard InChI is InChI=1S/C56H87NO15/c1-34-15-11-10-12-16-35(2)47(70-33-42-31-68-32-42)29-43-20-18-40(7)56(65,72-43)53(62)54(63)57-22-14-13-17-44(57)55(64)71-48(37(4)27-41-19-21-46(69-24-23-58)49(28-41)66-8)30-45(59)36(3)26-39(6)51(61)52(67-9)50(60)38(5)25-34/h10-12,15-16,26,34,36-38,40-44,46-49,51-52,58,61,65H,13-14,17-25,27-33H2,1-9H3/b12-10+,15-11+,35-16+,39-26+/t34-,36-,37?,38-,40-,41+,43+,44+,46-,47+,48+,49-,51-,52+,56-/m1/s1. The first-order valence-electron chi connectivity index (χ1n) is 26.7. The topological polar surface area (TPSA) is 214 Å². The molecule has 1 saturated carbocycles. The van der Waals surface area contributed by atoms with Crippen LogP contribution in [0.2, 0.25) is 0 Å². The zero-order chi connectivity index (χ0) is 52.7. The first kappa shape index (κ1) is 59.4. The van der Waals surface area contributed by atoms with E-state index in [1.54, 1.807) is 34.0 Å². The number of allylic oxidation sites excluding steroid dienone is 6. The third-order valence-electron chi connectivity index (χ3n) is 15.8. The molecule has 0 radical (unpaired) electrons. The Balaban J connectivity index is 1.47. The lowest BCUT2D eigenvalue weighted by molar-refractivity contribution is -0.266. The SMILES string of the molecule is CO[C@@H]1C[C@H](CC(C)[C@@H]2CC(=O)[C@H](C)/C=C(\C)[C@@H](O)[C@@H](OC)C(=O)[C@H](C)C[C@H](C)/C=C/C=C/C=C(\C)[C@@H](OCC3COC3)C[C@@H]3CC[C@@H](C)[C@@](O)(O3)C(=O)C(=O)N3CCCC[C@H]3C(=O)O2)CC[C@H]1OCCO. The molecule has 0 aromatic carbocycles. The Labute approximate surface area is 428 Å². The number of nitrogens with zero attached hydrogens (tertiary/aromatic N) is 1. The minimum absolute atomic E-state index is 0.00566. The van der Waals surface area contributed by atoms with Crippen molar-refractivity contribution in [2.24, 2.45) is 41.4 Å². The molecule has 0 spiro atoms. The molecule has 1 aliphatic carbocycles. The third-order valence-corrected chi connectivity index (χ3v) is 15.8. The van der Waals surface area contributed by atoms with Crippen molar-refractivity contribution in [1.82, 2.24) is 4.90 Å². The molecule has 3 N–H and O–H groups in total. The molecule has 1 amide bonds. The molecule has 1 unspecified atom stereocenters. The zero-order valence-corrected chi connectivity index (χ0v) is 44.5. The van der Waals surface area contributed by atoms with Crippen molar-refractivity contribution in [3.8, 4) is 0 Å². The Kier molecular flexibility index (Phi) is 23.5. The van der Waals surface area contributed by atoms with Gasteiger partial charge in [-0.2, -0.15) is 0 Å². The van der Waals surface area contributed by atoms with Crippen LogP contribution in [0, 0.1) is 41.4 Å². The molecule has 5 aliphatic rings. The fraction of sp³-hybridized carbons (Fsp3) is 0.768. The van der Waals surface area contributed by atoms with E-state index in [1.165, 1.54) is 12.0 Å². The Hall–Kier alpha value is -3.45. The summed E-state index contributed by atoms with van der Waals surface area (Å²) >= 11 is 0. The maximum atomic E-state index is 14.6. The predicted octanol–water partition coefficient (Wildman–Crippen LogP) is 6.21. The van der Waals surface area contributed by atoms with E-state index in [1.807, 2.05) is 58.1 Å². The van der Waals surface area contributed by atoms with Crippen LogP contribution in [0.5, 0.6) is 0 Å². The zero-order valence-electron chi connectivity index (χ0n) is 44.5. The van der Waals surface area contributed by atoms with Gasteiger partial charge < -0.3 is 53.4 Å². The number of cyclic esters (lactones) is 1. The summed E-state index contributed by atoms with van der Waals surface area (Å²) in [6.45, 7) is 14.6. The van der Waals surface area contributed by atoms with E-state index < -0.39 is 77.8 Å². The summed E-state index contributed by atoms with van der Waals surface area (Å²) in [5.74, 6) is -7.79. The molecule has 16 nitrogen and oxygen atoms in total. The Bertz CT molecular complexity index is 1930. The van der Waals surface area contributed by atoms with Gasteiger partial charge in [0.1, 0.15) is 30.1 Å². The molecule has 406 valence electrons. The lowest BCUT2D eigenvalue weighted by Crippen LogP contribution is -2.61. The van der Waals surface area contributed by atoms with E-state index in [2.05, 4.69) is 0 Å². The van der Waals surface area contributed by atoms with Gasteiger partial charge in [0.25, 0.3) is 11.7 Å². The van der Waals surface area contributed by atoms with Crippen molar-refractivity contribution < 1.29 is 72.5 Å². The average Bonchev–Trinajstić information content (AvgIpc) is 3.34. The summed E-state index contributed by atoms with van der Waals surface area (Å²) in [7, 11) is 3.01. The van der Waals surface area contributed by atoms with Gasteiger partial charge in [-0.05, 0) is 107 Å². The highest BCUT2D eigenvalue weighted by Crippen LogP contribution is 2.38. The van der Waals surface area contributed by atoms with Gasteiger partial charge in [-0.15, -0.1) is 0 Å². The van der Waals surface area contributed by atoms with Crippen LogP contribution in [0.15, 0.2) is 47.6 Å². The number of fused-ring (bicyclic) bond motifs is 3. The Morgan fingerprint density at radius 3 is 2.28 bits per heavy atom. The number of rotatable bonds is 11. The number of hydrogen-bond donors (Lipinski definition) is 3. The minimum atomic E-state index is -2.45. The van der Waals surface area contributed by atoms with Gasteiger partial charge in [0, 0.05) is 57.3 Å². The van der Waals surface area contributed by atoms with Gasteiger partial charge in [0.05, 0.1) is 57.5 Å². The van der Waals surface area contributed by atoms with E-state index in [-0.39, 0.29) is 80.0 Å². The summed E-state index contributed by atoms with van der Waals surface area (Å²) < 4.78 is 41.8. The third kappa shape index (κ3) is 16.0.